The smallest absolute Gasteiger partial charge is 0.377 e. The van der Waals surface area contributed by atoms with Crippen LogP contribution in [0.2, 0.25) is 0 Å². The Labute approximate surface area is 207 Å². The monoisotopic (exact) mass is 492 g/mol. The molecule has 4 aliphatic carbocycles. The molecule has 3 nitrogen and oxygen atoms in total. The molecule has 4 aliphatic rings. The molecule has 0 aromatic rings. The van der Waals surface area contributed by atoms with Crippen LogP contribution in [-0.2, 0) is 14.0 Å². The first-order valence-corrected chi connectivity index (χ1v) is 14.0. The number of alkyl halides is 2. The van der Waals surface area contributed by atoms with Crippen molar-refractivity contribution in [3.05, 3.63) is 36.0 Å². The Bertz CT molecular complexity index is 868. The molecule has 7 atom stereocenters. The van der Waals surface area contributed by atoms with E-state index in [0.717, 1.165) is 42.6 Å². The standard InChI is InChI=1S/C28H42F2O3Si/c1-5-16-32-25(31)28(29,30)15-10-18(2)22-8-9-23-21-7-6-19-17-20(33-34)11-13-26(19,3)24(21)12-14-27(22,23)4/h5-7,18,20,22-24H,1,8-17H2,2-4,34H3/t18-,20?,22-,23+,24+,26+,27-/m1/s1. The van der Waals surface area contributed by atoms with E-state index in [1.807, 2.05) is 0 Å². The molecule has 0 amide bonds. The highest BCUT2D eigenvalue weighted by molar-refractivity contribution is 5.98. The number of halogens is 2. The summed E-state index contributed by atoms with van der Waals surface area (Å²) in [5.74, 6) is -3.15. The zero-order valence-corrected chi connectivity index (χ0v) is 23.4. The quantitative estimate of drug-likeness (QED) is 0.239. The summed E-state index contributed by atoms with van der Waals surface area (Å²) in [5, 5.41) is 0. The molecule has 4 rings (SSSR count). The van der Waals surface area contributed by atoms with E-state index in [-0.39, 0.29) is 23.4 Å². The van der Waals surface area contributed by atoms with Crippen LogP contribution >= 0.6 is 0 Å². The van der Waals surface area contributed by atoms with Gasteiger partial charge >= 0.3 is 11.9 Å². The topological polar surface area (TPSA) is 35.5 Å². The fourth-order valence-corrected chi connectivity index (χ4v) is 8.50. The predicted molar refractivity (Wildman–Crippen MR) is 134 cm³/mol. The highest BCUT2D eigenvalue weighted by Crippen LogP contribution is 2.66. The number of rotatable bonds is 8. The van der Waals surface area contributed by atoms with E-state index >= 15 is 0 Å². The Hall–Kier alpha value is -1.27. The maximum Gasteiger partial charge on any atom is 0.377 e. The third kappa shape index (κ3) is 4.38. The lowest BCUT2D eigenvalue weighted by atomic mass is 9.50. The van der Waals surface area contributed by atoms with Crippen LogP contribution in [0, 0.1) is 34.5 Å². The highest BCUT2D eigenvalue weighted by atomic mass is 28.2. The van der Waals surface area contributed by atoms with Gasteiger partial charge in [-0.25, -0.2) is 4.79 Å². The summed E-state index contributed by atoms with van der Waals surface area (Å²) in [6.45, 7) is 10.2. The van der Waals surface area contributed by atoms with Gasteiger partial charge in [-0.15, -0.1) is 0 Å². The average molecular weight is 493 g/mol. The van der Waals surface area contributed by atoms with Gasteiger partial charge in [-0.1, -0.05) is 56.7 Å². The Morgan fingerprint density at radius 2 is 2.00 bits per heavy atom. The first-order valence-electron chi connectivity index (χ1n) is 13.2. The van der Waals surface area contributed by atoms with Gasteiger partial charge in [0.1, 0.15) is 17.1 Å². The summed E-state index contributed by atoms with van der Waals surface area (Å²) in [5.41, 5.74) is 3.60. The Morgan fingerprint density at radius 3 is 2.71 bits per heavy atom. The number of fused-ring (bicyclic) bond motifs is 5. The minimum Gasteiger partial charge on any atom is -0.457 e. The van der Waals surface area contributed by atoms with E-state index < -0.39 is 18.3 Å². The van der Waals surface area contributed by atoms with Crippen LogP contribution in [0.1, 0.15) is 78.6 Å². The van der Waals surface area contributed by atoms with Gasteiger partial charge in [0.25, 0.3) is 0 Å². The summed E-state index contributed by atoms with van der Waals surface area (Å²) in [6, 6.07) is 0. The van der Waals surface area contributed by atoms with E-state index in [4.69, 9.17) is 4.43 Å². The lowest BCUT2D eigenvalue weighted by Crippen LogP contribution is -2.46. The fourth-order valence-electron chi connectivity index (χ4n) is 8.10. The second-order valence-electron chi connectivity index (χ2n) is 11.8. The molecule has 3 saturated carbocycles. The van der Waals surface area contributed by atoms with Crippen molar-refractivity contribution in [2.24, 2.45) is 34.5 Å². The normalized spacial score (nSPS) is 38.1. The molecule has 34 heavy (non-hydrogen) atoms. The van der Waals surface area contributed by atoms with Crippen molar-refractivity contribution < 1.29 is 22.7 Å². The van der Waals surface area contributed by atoms with Crippen molar-refractivity contribution in [2.45, 2.75) is 90.6 Å². The minimum atomic E-state index is -3.43. The van der Waals surface area contributed by atoms with E-state index in [1.165, 1.54) is 18.9 Å². The maximum absolute atomic E-state index is 14.4. The molecule has 0 bridgehead atoms. The Kier molecular flexibility index (Phi) is 7.32. The van der Waals surface area contributed by atoms with E-state index in [0.29, 0.717) is 30.3 Å². The van der Waals surface area contributed by atoms with Gasteiger partial charge in [-0.3, -0.25) is 0 Å². The lowest BCUT2D eigenvalue weighted by Gasteiger charge is -2.55. The average Bonchev–Trinajstić information content (AvgIpc) is 3.17. The van der Waals surface area contributed by atoms with Crippen molar-refractivity contribution in [3.8, 4) is 0 Å². The van der Waals surface area contributed by atoms with Gasteiger partial charge in [0.05, 0.1) is 0 Å². The summed E-state index contributed by atoms with van der Waals surface area (Å²) in [4.78, 5) is 11.8. The van der Waals surface area contributed by atoms with Crippen molar-refractivity contribution in [1.82, 2.24) is 0 Å². The predicted octanol–water partition coefficient (Wildman–Crippen LogP) is 5.93. The van der Waals surface area contributed by atoms with Crippen molar-refractivity contribution in [1.29, 1.82) is 0 Å². The van der Waals surface area contributed by atoms with Crippen LogP contribution in [0.25, 0.3) is 0 Å². The van der Waals surface area contributed by atoms with Gasteiger partial charge in [-0.2, -0.15) is 8.78 Å². The SMILES string of the molecule is C=CCOC(=O)C(F)(F)CC[C@@H](C)[C@H]1CC[C@H]2C3=CC=C4CC(O[SiH3])CC[C@]4(C)[C@H]3CC[C@]12C. The summed E-state index contributed by atoms with van der Waals surface area (Å²) in [6.07, 6.45) is 14.5. The third-order valence-electron chi connectivity index (χ3n) is 10.2. The molecule has 0 saturated heterocycles. The number of allylic oxidation sites excluding steroid dienone is 3. The van der Waals surface area contributed by atoms with E-state index in [2.05, 4.69) is 44.2 Å². The van der Waals surface area contributed by atoms with Crippen LogP contribution in [0.5, 0.6) is 0 Å². The first-order chi connectivity index (χ1) is 16.1. The molecule has 0 aliphatic heterocycles. The summed E-state index contributed by atoms with van der Waals surface area (Å²) < 4.78 is 39.2. The minimum absolute atomic E-state index is 0.150. The second kappa shape index (κ2) is 9.65. The third-order valence-corrected chi connectivity index (χ3v) is 10.8. The van der Waals surface area contributed by atoms with Crippen molar-refractivity contribution in [3.63, 3.8) is 0 Å². The van der Waals surface area contributed by atoms with Crippen molar-refractivity contribution >= 4 is 16.5 Å². The van der Waals surface area contributed by atoms with E-state index in [1.54, 1.807) is 11.1 Å². The molecule has 0 N–H and O–H groups in total. The molecule has 0 heterocycles. The summed E-state index contributed by atoms with van der Waals surface area (Å²) >= 11 is 0. The van der Waals surface area contributed by atoms with Crippen LogP contribution in [0.15, 0.2) is 36.0 Å². The van der Waals surface area contributed by atoms with Crippen LogP contribution in [0.3, 0.4) is 0 Å². The molecule has 190 valence electrons. The Balaban J connectivity index is 1.46. The zero-order valence-electron chi connectivity index (χ0n) is 21.4. The number of hydrogen-bond donors (Lipinski definition) is 0. The van der Waals surface area contributed by atoms with Gasteiger partial charge in [0.2, 0.25) is 0 Å². The maximum atomic E-state index is 14.4. The molecular formula is C28H42F2O3Si. The zero-order chi connectivity index (χ0) is 24.7. The molecule has 0 aromatic heterocycles. The number of carbonyl (C=O) groups is 1. The first kappa shape index (κ1) is 25.8. The van der Waals surface area contributed by atoms with Gasteiger partial charge < -0.3 is 9.16 Å². The van der Waals surface area contributed by atoms with Gasteiger partial charge in [0.15, 0.2) is 0 Å². The molecular weight excluding hydrogens is 450 g/mol. The lowest BCUT2D eigenvalue weighted by molar-refractivity contribution is -0.172. The second-order valence-corrected chi connectivity index (χ2v) is 12.3. The number of carbonyl (C=O) groups excluding carboxylic acids is 1. The molecule has 0 radical (unpaired) electrons. The number of esters is 1. The Morgan fingerprint density at radius 1 is 1.24 bits per heavy atom. The van der Waals surface area contributed by atoms with E-state index in [9.17, 15) is 13.6 Å². The van der Waals surface area contributed by atoms with Gasteiger partial charge in [0, 0.05) is 12.5 Å². The molecule has 3 fully saturated rings. The van der Waals surface area contributed by atoms with Gasteiger partial charge in [-0.05, 0) is 85.9 Å². The molecule has 1 unspecified atom stereocenters. The fraction of sp³-hybridized carbons (Fsp3) is 0.750. The van der Waals surface area contributed by atoms with Crippen molar-refractivity contribution in [2.75, 3.05) is 6.61 Å². The number of ether oxygens (including phenoxy) is 1. The number of hydrogen-bond acceptors (Lipinski definition) is 3. The molecule has 0 spiro atoms. The van der Waals surface area contributed by atoms with Crippen LogP contribution in [-0.4, -0.2) is 35.1 Å². The molecule has 6 heteroatoms. The summed E-state index contributed by atoms with van der Waals surface area (Å²) in [7, 11) is 0.802. The van der Waals surface area contributed by atoms with Crippen LogP contribution < -0.4 is 0 Å². The molecule has 0 aromatic carbocycles. The van der Waals surface area contributed by atoms with Crippen LogP contribution in [0.4, 0.5) is 8.78 Å². The largest absolute Gasteiger partial charge is 0.457 e. The highest BCUT2D eigenvalue weighted by Gasteiger charge is 2.57.